The van der Waals surface area contributed by atoms with Gasteiger partial charge in [0.25, 0.3) is 5.91 Å². The van der Waals surface area contributed by atoms with Gasteiger partial charge in [0.1, 0.15) is 12.4 Å². The highest BCUT2D eigenvalue weighted by Crippen LogP contribution is 2.25. The lowest BCUT2D eigenvalue weighted by molar-refractivity contribution is -0.133. The zero-order valence-corrected chi connectivity index (χ0v) is 15.5. The number of hydrogen-bond donors (Lipinski definition) is 1. The number of ether oxygens (including phenoxy) is 1. The lowest BCUT2D eigenvalue weighted by Gasteiger charge is -2.26. The van der Waals surface area contributed by atoms with Gasteiger partial charge in [0, 0.05) is 32.7 Å². The number of amides is 2. The highest BCUT2D eigenvalue weighted by molar-refractivity contribution is 5.99. The minimum Gasteiger partial charge on any atom is -0.488 e. The summed E-state index contributed by atoms with van der Waals surface area (Å²) in [5, 5.41) is 2.96. The lowest BCUT2D eigenvalue weighted by atomic mass is 10.1. The molecule has 0 saturated carbocycles. The van der Waals surface area contributed by atoms with Crippen LogP contribution >= 0.6 is 0 Å². The van der Waals surface area contributed by atoms with Crippen LogP contribution in [0, 0.1) is 0 Å². The Hall–Kier alpha value is -2.34. The van der Waals surface area contributed by atoms with Gasteiger partial charge in [-0.05, 0) is 37.9 Å². The Bertz CT molecular complexity index is 699. The average molecular weight is 357 g/mol. The fourth-order valence-electron chi connectivity index (χ4n) is 3.52. The number of likely N-dealkylation sites (N-methyl/N-ethyl adjacent to an activating group) is 1. The zero-order chi connectivity index (χ0) is 18.5. The van der Waals surface area contributed by atoms with Crippen LogP contribution < -0.4 is 10.1 Å². The van der Waals surface area contributed by atoms with E-state index in [4.69, 9.17) is 4.74 Å². The fourth-order valence-corrected chi connectivity index (χ4v) is 3.52. The molecule has 140 valence electrons. The number of nitrogens with zero attached hydrogens (tertiary/aromatic N) is 2. The molecule has 26 heavy (non-hydrogen) atoms. The molecule has 0 bridgehead atoms. The van der Waals surface area contributed by atoms with Crippen molar-refractivity contribution >= 4 is 17.9 Å². The molecule has 0 radical (unpaired) electrons. The molecule has 2 amide bonds. The van der Waals surface area contributed by atoms with Gasteiger partial charge in [-0.2, -0.15) is 0 Å². The summed E-state index contributed by atoms with van der Waals surface area (Å²) in [5.41, 5.74) is 1.58. The Kier molecular flexibility index (Phi) is 5.93. The molecule has 0 aromatic heterocycles. The molecule has 1 atom stereocenters. The summed E-state index contributed by atoms with van der Waals surface area (Å²) in [6, 6.07) is 7.69. The van der Waals surface area contributed by atoms with Crippen LogP contribution in [0.5, 0.6) is 5.75 Å². The van der Waals surface area contributed by atoms with Crippen molar-refractivity contribution in [2.45, 2.75) is 25.3 Å². The molecule has 2 aliphatic heterocycles. The number of fused-ring (bicyclic) bond motifs is 1. The van der Waals surface area contributed by atoms with Crippen LogP contribution in [0.25, 0.3) is 6.08 Å². The second kappa shape index (κ2) is 8.36. The number of para-hydroxylation sites is 1. The number of benzene rings is 1. The van der Waals surface area contributed by atoms with E-state index in [0.29, 0.717) is 18.7 Å². The molecular weight excluding hydrogens is 330 g/mol. The van der Waals surface area contributed by atoms with Crippen molar-refractivity contribution in [3.8, 4) is 5.75 Å². The Morgan fingerprint density at radius 1 is 1.31 bits per heavy atom. The van der Waals surface area contributed by atoms with Gasteiger partial charge in [-0.3, -0.25) is 14.5 Å². The summed E-state index contributed by atoms with van der Waals surface area (Å²) in [6.45, 7) is 2.67. The van der Waals surface area contributed by atoms with Gasteiger partial charge >= 0.3 is 0 Å². The number of rotatable bonds is 6. The first-order valence-electron chi connectivity index (χ1n) is 9.22. The van der Waals surface area contributed by atoms with Gasteiger partial charge in [-0.1, -0.05) is 18.2 Å². The molecule has 0 unspecified atom stereocenters. The highest BCUT2D eigenvalue weighted by atomic mass is 16.5. The summed E-state index contributed by atoms with van der Waals surface area (Å²) < 4.78 is 5.63. The van der Waals surface area contributed by atoms with Crippen LogP contribution in [0.15, 0.2) is 29.8 Å². The van der Waals surface area contributed by atoms with Crippen LogP contribution in [0.1, 0.15) is 24.8 Å². The number of nitrogens with one attached hydrogen (secondary N) is 1. The van der Waals surface area contributed by atoms with Crippen molar-refractivity contribution in [2.75, 3.05) is 40.3 Å². The van der Waals surface area contributed by atoms with Gasteiger partial charge in [0.2, 0.25) is 5.91 Å². The van der Waals surface area contributed by atoms with E-state index in [0.717, 1.165) is 43.7 Å². The van der Waals surface area contributed by atoms with Crippen molar-refractivity contribution in [1.82, 2.24) is 15.1 Å². The van der Waals surface area contributed by atoms with Gasteiger partial charge < -0.3 is 15.0 Å². The maximum Gasteiger partial charge on any atom is 0.250 e. The van der Waals surface area contributed by atoms with E-state index >= 15 is 0 Å². The van der Waals surface area contributed by atoms with E-state index < -0.39 is 0 Å². The second-order valence-electron chi connectivity index (χ2n) is 7.03. The third kappa shape index (κ3) is 4.25. The van der Waals surface area contributed by atoms with Crippen molar-refractivity contribution in [3.05, 3.63) is 35.4 Å². The number of carbonyl (C=O) groups is 2. The summed E-state index contributed by atoms with van der Waals surface area (Å²) in [5.74, 6) is 0.909. The van der Waals surface area contributed by atoms with Gasteiger partial charge in [0.15, 0.2) is 0 Å². The zero-order valence-electron chi connectivity index (χ0n) is 15.5. The van der Waals surface area contributed by atoms with Crippen LogP contribution in [0.2, 0.25) is 0 Å². The fraction of sp³-hybridized carbons (Fsp3) is 0.500. The second-order valence-corrected chi connectivity index (χ2v) is 7.03. The van der Waals surface area contributed by atoms with Crippen LogP contribution in [-0.2, 0) is 9.59 Å². The molecule has 6 heteroatoms. The standard InChI is InChI=1S/C20H27N3O3/c1-22(2)20(25)17-8-5-11-23(17)12-6-10-21-19(24)16-13-15-7-3-4-9-18(15)26-14-16/h3-4,7,9,13,17H,5-6,8,10-12,14H2,1-2H3,(H,21,24)/t17-/m0/s1. The minimum atomic E-state index is -0.0816. The van der Waals surface area contributed by atoms with Crippen LogP contribution in [0.3, 0.4) is 0 Å². The smallest absolute Gasteiger partial charge is 0.250 e. The number of likely N-dealkylation sites (tertiary alicyclic amines) is 1. The van der Waals surface area contributed by atoms with Crippen molar-refractivity contribution in [3.63, 3.8) is 0 Å². The van der Waals surface area contributed by atoms with Crippen LogP contribution in [0.4, 0.5) is 0 Å². The van der Waals surface area contributed by atoms with E-state index in [1.54, 1.807) is 19.0 Å². The molecule has 0 spiro atoms. The third-order valence-corrected chi connectivity index (χ3v) is 4.92. The van der Waals surface area contributed by atoms with E-state index in [-0.39, 0.29) is 17.9 Å². The van der Waals surface area contributed by atoms with Gasteiger partial charge in [-0.25, -0.2) is 0 Å². The molecule has 3 rings (SSSR count). The summed E-state index contributed by atoms with van der Waals surface area (Å²) in [4.78, 5) is 28.4. The monoisotopic (exact) mass is 357 g/mol. The van der Waals surface area contributed by atoms with E-state index in [1.807, 2.05) is 30.3 Å². The van der Waals surface area contributed by atoms with Crippen molar-refractivity contribution in [1.29, 1.82) is 0 Å². The van der Waals surface area contributed by atoms with Crippen molar-refractivity contribution < 1.29 is 14.3 Å². The summed E-state index contributed by atoms with van der Waals surface area (Å²) in [7, 11) is 3.61. The van der Waals surface area contributed by atoms with Gasteiger partial charge in [0.05, 0.1) is 11.6 Å². The largest absolute Gasteiger partial charge is 0.488 e. The highest BCUT2D eigenvalue weighted by Gasteiger charge is 2.31. The Balaban J connectivity index is 1.45. The molecule has 0 aliphatic carbocycles. The first-order chi connectivity index (χ1) is 12.6. The molecule has 1 aromatic carbocycles. The molecule has 1 saturated heterocycles. The number of carbonyl (C=O) groups excluding carboxylic acids is 2. The number of hydrogen-bond acceptors (Lipinski definition) is 4. The molecular formula is C20H27N3O3. The summed E-state index contributed by atoms with van der Waals surface area (Å²) >= 11 is 0. The minimum absolute atomic E-state index is 0.00773. The quantitative estimate of drug-likeness (QED) is 0.784. The third-order valence-electron chi connectivity index (χ3n) is 4.92. The lowest BCUT2D eigenvalue weighted by Crippen LogP contribution is -2.43. The van der Waals surface area contributed by atoms with Crippen molar-refractivity contribution in [2.24, 2.45) is 0 Å². The van der Waals surface area contributed by atoms with Crippen LogP contribution in [-0.4, -0.2) is 68.0 Å². The molecule has 2 aliphatic rings. The molecule has 1 fully saturated rings. The Morgan fingerprint density at radius 3 is 2.92 bits per heavy atom. The average Bonchev–Trinajstić information content (AvgIpc) is 3.12. The van der Waals surface area contributed by atoms with E-state index in [2.05, 4.69) is 10.2 Å². The van der Waals surface area contributed by atoms with E-state index in [1.165, 1.54) is 0 Å². The Labute approximate surface area is 154 Å². The Morgan fingerprint density at radius 2 is 2.12 bits per heavy atom. The predicted molar refractivity (Wildman–Crippen MR) is 101 cm³/mol. The topological polar surface area (TPSA) is 61.9 Å². The predicted octanol–water partition coefficient (Wildman–Crippen LogP) is 1.52. The van der Waals surface area contributed by atoms with E-state index in [9.17, 15) is 9.59 Å². The first kappa shape index (κ1) is 18.5. The summed E-state index contributed by atoms with van der Waals surface area (Å²) in [6.07, 6.45) is 4.70. The molecule has 2 heterocycles. The normalized spacial score (nSPS) is 19.3. The SMILES string of the molecule is CN(C)C(=O)[C@@H]1CCCN1CCCNC(=O)C1=Cc2ccccc2OC1. The first-order valence-corrected chi connectivity index (χ1v) is 9.22. The van der Waals surface area contributed by atoms with Gasteiger partial charge in [-0.15, -0.1) is 0 Å². The molecule has 6 nitrogen and oxygen atoms in total. The maximum absolute atomic E-state index is 12.3. The maximum atomic E-state index is 12.3. The molecule has 1 aromatic rings. The molecule has 1 N–H and O–H groups in total.